The fourth-order valence-corrected chi connectivity index (χ4v) is 2.54. The van der Waals surface area contributed by atoms with Gasteiger partial charge < -0.3 is 9.88 Å². The lowest BCUT2D eigenvalue weighted by atomic mass is 10.1. The second-order valence-electron chi connectivity index (χ2n) is 5.01. The average molecular weight is 260 g/mol. The Kier molecular flexibility index (Phi) is 3.29. The van der Waals surface area contributed by atoms with Gasteiger partial charge in [0, 0.05) is 12.5 Å². The highest BCUT2D eigenvalue weighted by atomic mass is 19.1. The van der Waals surface area contributed by atoms with E-state index in [0.29, 0.717) is 12.5 Å². The van der Waals surface area contributed by atoms with Crippen molar-refractivity contribution in [1.29, 1.82) is 0 Å². The Labute approximate surface area is 111 Å². The summed E-state index contributed by atoms with van der Waals surface area (Å²) in [6.45, 7) is 4.65. The van der Waals surface area contributed by atoms with E-state index in [1.165, 1.54) is 12.1 Å². The zero-order chi connectivity index (χ0) is 13.2. The molecule has 0 spiro atoms. The Morgan fingerprint density at radius 2 is 2.11 bits per heavy atom. The zero-order valence-electron chi connectivity index (χ0n) is 10.9. The fraction of sp³-hybridized carbons (Fsp3) is 0.429. The van der Waals surface area contributed by atoms with Gasteiger partial charge in [-0.2, -0.15) is 0 Å². The molecule has 2 aromatic rings. The molecule has 1 atom stereocenters. The standard InChI is InChI=1S/C14H17FN4/c1-10-17-18-14(12-6-7-16-8-12)19(10)9-11-2-4-13(15)5-3-11/h2-5,12,16H,6-9H2,1H3. The van der Waals surface area contributed by atoms with Crippen molar-refractivity contribution in [3.8, 4) is 0 Å². The maximum absolute atomic E-state index is 12.9. The predicted octanol–water partition coefficient (Wildman–Crippen LogP) is 1.85. The van der Waals surface area contributed by atoms with Gasteiger partial charge in [0.25, 0.3) is 0 Å². The molecule has 0 saturated carbocycles. The van der Waals surface area contributed by atoms with Gasteiger partial charge in [0.1, 0.15) is 17.5 Å². The van der Waals surface area contributed by atoms with Crippen LogP contribution in [0.4, 0.5) is 4.39 Å². The summed E-state index contributed by atoms with van der Waals surface area (Å²) in [6, 6.07) is 6.61. The molecule has 1 aliphatic rings. The Balaban J connectivity index is 1.87. The highest BCUT2D eigenvalue weighted by molar-refractivity contribution is 5.18. The molecule has 1 N–H and O–H groups in total. The van der Waals surface area contributed by atoms with Gasteiger partial charge in [0.15, 0.2) is 0 Å². The molecule has 1 fully saturated rings. The molecule has 1 aromatic heterocycles. The molecule has 2 heterocycles. The number of aromatic nitrogens is 3. The molecule has 3 rings (SSSR count). The second-order valence-corrected chi connectivity index (χ2v) is 5.01. The lowest BCUT2D eigenvalue weighted by Crippen LogP contribution is -2.14. The maximum Gasteiger partial charge on any atom is 0.137 e. The van der Waals surface area contributed by atoms with Crippen LogP contribution >= 0.6 is 0 Å². The minimum Gasteiger partial charge on any atom is -0.316 e. The summed E-state index contributed by atoms with van der Waals surface area (Å²) in [6.07, 6.45) is 1.10. The Hall–Kier alpha value is -1.75. The molecule has 0 aliphatic carbocycles. The van der Waals surface area contributed by atoms with Crippen molar-refractivity contribution in [3.05, 3.63) is 47.3 Å². The van der Waals surface area contributed by atoms with Gasteiger partial charge in [0.05, 0.1) is 6.54 Å². The molecular formula is C14H17FN4. The highest BCUT2D eigenvalue weighted by Crippen LogP contribution is 2.22. The van der Waals surface area contributed by atoms with E-state index in [4.69, 9.17) is 0 Å². The van der Waals surface area contributed by atoms with Crippen molar-refractivity contribution < 1.29 is 4.39 Å². The van der Waals surface area contributed by atoms with E-state index >= 15 is 0 Å². The monoisotopic (exact) mass is 260 g/mol. The van der Waals surface area contributed by atoms with Gasteiger partial charge in [-0.15, -0.1) is 10.2 Å². The lowest BCUT2D eigenvalue weighted by molar-refractivity contribution is 0.616. The minimum absolute atomic E-state index is 0.204. The highest BCUT2D eigenvalue weighted by Gasteiger charge is 2.23. The quantitative estimate of drug-likeness (QED) is 0.916. The number of aryl methyl sites for hydroxylation is 1. The van der Waals surface area contributed by atoms with Gasteiger partial charge in [-0.3, -0.25) is 0 Å². The third-order valence-corrected chi connectivity index (χ3v) is 3.64. The van der Waals surface area contributed by atoms with Gasteiger partial charge in [0.2, 0.25) is 0 Å². The second kappa shape index (κ2) is 5.09. The van der Waals surface area contributed by atoms with Crippen molar-refractivity contribution in [2.75, 3.05) is 13.1 Å². The largest absolute Gasteiger partial charge is 0.316 e. The zero-order valence-corrected chi connectivity index (χ0v) is 10.9. The SMILES string of the molecule is Cc1nnc(C2CCNC2)n1Cc1ccc(F)cc1. The summed E-state index contributed by atoms with van der Waals surface area (Å²) in [5, 5.41) is 11.8. The van der Waals surface area contributed by atoms with Crippen LogP contribution in [0.2, 0.25) is 0 Å². The molecule has 1 aliphatic heterocycles. The number of rotatable bonds is 3. The van der Waals surface area contributed by atoms with Crippen LogP contribution in [-0.2, 0) is 6.54 Å². The summed E-state index contributed by atoms with van der Waals surface area (Å²) in [5.74, 6) is 2.17. The number of benzene rings is 1. The summed E-state index contributed by atoms with van der Waals surface area (Å²) >= 11 is 0. The molecule has 0 amide bonds. The van der Waals surface area contributed by atoms with E-state index in [0.717, 1.165) is 36.7 Å². The van der Waals surface area contributed by atoms with Crippen molar-refractivity contribution in [2.24, 2.45) is 0 Å². The molecule has 5 heteroatoms. The van der Waals surface area contributed by atoms with Crippen LogP contribution in [0.3, 0.4) is 0 Å². The van der Waals surface area contributed by atoms with Crippen molar-refractivity contribution in [1.82, 2.24) is 20.1 Å². The van der Waals surface area contributed by atoms with Crippen molar-refractivity contribution in [3.63, 3.8) is 0 Å². The third-order valence-electron chi connectivity index (χ3n) is 3.64. The number of nitrogens with zero attached hydrogens (tertiary/aromatic N) is 3. The molecule has 0 bridgehead atoms. The van der Waals surface area contributed by atoms with Crippen LogP contribution in [0, 0.1) is 12.7 Å². The van der Waals surface area contributed by atoms with E-state index in [1.807, 2.05) is 19.1 Å². The van der Waals surface area contributed by atoms with Crippen LogP contribution in [0.5, 0.6) is 0 Å². The Bertz CT molecular complexity index is 555. The van der Waals surface area contributed by atoms with E-state index in [-0.39, 0.29) is 5.82 Å². The fourth-order valence-electron chi connectivity index (χ4n) is 2.54. The van der Waals surface area contributed by atoms with Crippen molar-refractivity contribution >= 4 is 0 Å². The normalized spacial score (nSPS) is 18.9. The first kappa shape index (κ1) is 12.3. The van der Waals surface area contributed by atoms with Gasteiger partial charge in [-0.05, 0) is 37.6 Å². The van der Waals surface area contributed by atoms with Crippen molar-refractivity contribution in [2.45, 2.75) is 25.8 Å². The molecule has 100 valence electrons. The average Bonchev–Trinajstić information content (AvgIpc) is 3.03. The Morgan fingerprint density at radius 3 is 2.79 bits per heavy atom. The van der Waals surface area contributed by atoms with Crippen LogP contribution in [0.1, 0.15) is 29.6 Å². The van der Waals surface area contributed by atoms with E-state index in [1.54, 1.807) is 0 Å². The summed E-state index contributed by atoms with van der Waals surface area (Å²) in [4.78, 5) is 0. The van der Waals surface area contributed by atoms with E-state index in [2.05, 4.69) is 20.1 Å². The van der Waals surface area contributed by atoms with Gasteiger partial charge in [-0.1, -0.05) is 12.1 Å². The van der Waals surface area contributed by atoms with Crippen LogP contribution in [0.15, 0.2) is 24.3 Å². The number of hydrogen-bond donors (Lipinski definition) is 1. The van der Waals surface area contributed by atoms with Gasteiger partial charge >= 0.3 is 0 Å². The molecule has 1 unspecified atom stereocenters. The molecule has 0 radical (unpaired) electrons. The topological polar surface area (TPSA) is 42.7 Å². The van der Waals surface area contributed by atoms with Crippen LogP contribution < -0.4 is 5.32 Å². The summed E-state index contributed by atoms with van der Waals surface area (Å²) < 4.78 is 15.1. The molecular weight excluding hydrogens is 243 g/mol. The van der Waals surface area contributed by atoms with Crippen LogP contribution in [-0.4, -0.2) is 27.9 Å². The minimum atomic E-state index is -0.204. The van der Waals surface area contributed by atoms with E-state index in [9.17, 15) is 4.39 Å². The summed E-state index contributed by atoms with van der Waals surface area (Å²) in [5.41, 5.74) is 1.07. The molecule has 19 heavy (non-hydrogen) atoms. The first-order valence-electron chi connectivity index (χ1n) is 6.59. The van der Waals surface area contributed by atoms with Gasteiger partial charge in [-0.25, -0.2) is 4.39 Å². The van der Waals surface area contributed by atoms with Crippen LogP contribution in [0.25, 0.3) is 0 Å². The maximum atomic E-state index is 12.9. The third kappa shape index (κ3) is 2.51. The summed E-state index contributed by atoms with van der Waals surface area (Å²) in [7, 11) is 0. The molecule has 1 aromatic carbocycles. The predicted molar refractivity (Wildman–Crippen MR) is 70.5 cm³/mol. The van der Waals surface area contributed by atoms with E-state index < -0.39 is 0 Å². The number of hydrogen-bond acceptors (Lipinski definition) is 3. The Morgan fingerprint density at radius 1 is 1.32 bits per heavy atom. The number of halogens is 1. The first-order valence-corrected chi connectivity index (χ1v) is 6.59. The molecule has 1 saturated heterocycles. The smallest absolute Gasteiger partial charge is 0.137 e. The molecule has 4 nitrogen and oxygen atoms in total. The lowest BCUT2D eigenvalue weighted by Gasteiger charge is -2.12. The first-order chi connectivity index (χ1) is 9.24. The number of nitrogens with one attached hydrogen (secondary N) is 1.